The van der Waals surface area contributed by atoms with E-state index in [-0.39, 0.29) is 11.8 Å². The molecule has 0 bridgehead atoms. The summed E-state index contributed by atoms with van der Waals surface area (Å²) in [7, 11) is 0. The fraction of sp³-hybridized carbons (Fsp3) is 0. The molecular weight excluding hydrogens is 246 g/mol. The van der Waals surface area contributed by atoms with E-state index >= 15 is 0 Å². The number of fused-ring (bicyclic) bond motifs is 1. The molecule has 0 spiro atoms. The Hall–Kier alpha value is -2.20. The van der Waals surface area contributed by atoms with Crippen LogP contribution in [0.1, 0.15) is 20.7 Å². The molecule has 1 aliphatic rings. The monoisotopic (exact) mass is 254 g/mol. The summed E-state index contributed by atoms with van der Waals surface area (Å²) in [5, 5.41) is 0. The van der Waals surface area contributed by atoms with Crippen LogP contribution in [0.2, 0.25) is 0 Å². The highest BCUT2D eigenvalue weighted by Gasteiger charge is 2.35. The number of para-hydroxylation sites is 1. The number of anilines is 1. The maximum absolute atomic E-state index is 12.2. The lowest BCUT2D eigenvalue weighted by atomic mass is 10.1. The molecule has 0 saturated heterocycles. The van der Waals surface area contributed by atoms with Crippen LogP contribution in [0, 0.1) is 0 Å². The van der Waals surface area contributed by atoms with Gasteiger partial charge in [-0.3, -0.25) is 9.59 Å². The van der Waals surface area contributed by atoms with Crippen LogP contribution in [0.15, 0.2) is 53.4 Å². The Morgan fingerprint density at radius 1 is 0.833 bits per heavy atom. The van der Waals surface area contributed by atoms with Crippen molar-refractivity contribution < 1.29 is 9.59 Å². The summed E-state index contributed by atoms with van der Waals surface area (Å²) in [4.78, 5) is 26.1. The molecule has 2 amide bonds. The molecular formula is C14H8NO2S-. The maximum Gasteiger partial charge on any atom is 0.266 e. The molecule has 4 heteroatoms. The molecule has 0 fully saturated rings. The van der Waals surface area contributed by atoms with Gasteiger partial charge in [-0.1, -0.05) is 36.4 Å². The van der Waals surface area contributed by atoms with Crippen LogP contribution in [-0.4, -0.2) is 11.8 Å². The number of hydrogen-bond donors (Lipinski definition) is 0. The minimum absolute atomic E-state index is 0.295. The fourth-order valence-corrected chi connectivity index (χ4v) is 2.22. The number of carbonyl (C=O) groups excluding carboxylic acids is 2. The Morgan fingerprint density at radius 3 is 2.22 bits per heavy atom. The van der Waals surface area contributed by atoms with Crippen LogP contribution in [0.25, 0.3) is 0 Å². The second kappa shape index (κ2) is 3.92. The largest absolute Gasteiger partial charge is 0.780 e. The normalized spacial score (nSPS) is 13.9. The van der Waals surface area contributed by atoms with Crippen LogP contribution >= 0.6 is 0 Å². The van der Waals surface area contributed by atoms with Gasteiger partial charge in [0.15, 0.2) is 0 Å². The van der Waals surface area contributed by atoms with Gasteiger partial charge in [-0.15, -0.1) is 0 Å². The zero-order valence-electron chi connectivity index (χ0n) is 9.29. The van der Waals surface area contributed by atoms with E-state index in [1.54, 1.807) is 42.5 Å². The molecule has 1 aliphatic heterocycles. The molecule has 3 nitrogen and oxygen atoms in total. The minimum atomic E-state index is -0.312. The van der Waals surface area contributed by atoms with Crippen molar-refractivity contribution in [2.24, 2.45) is 0 Å². The van der Waals surface area contributed by atoms with Crippen molar-refractivity contribution in [3.63, 3.8) is 0 Å². The Labute approximate surface area is 109 Å². The Balaban J connectivity index is 2.13. The van der Waals surface area contributed by atoms with Gasteiger partial charge in [-0.25, -0.2) is 4.90 Å². The number of nitrogens with zero attached hydrogens (tertiary/aromatic N) is 1. The summed E-state index contributed by atoms with van der Waals surface area (Å²) in [5.41, 5.74) is 1.38. The third kappa shape index (κ3) is 1.50. The molecule has 0 unspecified atom stereocenters. The second-order valence-corrected chi connectivity index (χ2v) is 4.46. The number of amides is 2. The zero-order chi connectivity index (χ0) is 12.7. The molecule has 18 heavy (non-hydrogen) atoms. The molecule has 2 aromatic rings. The molecule has 0 N–H and O–H groups in total. The van der Waals surface area contributed by atoms with Crippen LogP contribution in [0.4, 0.5) is 5.69 Å². The highest BCUT2D eigenvalue weighted by atomic mass is 32.1. The molecule has 3 rings (SSSR count). The number of imide groups is 1. The zero-order valence-corrected chi connectivity index (χ0v) is 10.1. The topological polar surface area (TPSA) is 37.4 Å². The summed E-state index contributed by atoms with van der Waals surface area (Å²) in [6.07, 6.45) is 0. The molecule has 0 radical (unpaired) electrons. The quantitative estimate of drug-likeness (QED) is 0.579. The first-order valence-electron chi connectivity index (χ1n) is 5.43. The van der Waals surface area contributed by atoms with Crippen LogP contribution in [-0.2, 0) is 12.6 Å². The smallest absolute Gasteiger partial charge is 0.266 e. The third-order valence-corrected chi connectivity index (χ3v) is 3.13. The van der Waals surface area contributed by atoms with Crippen molar-refractivity contribution in [3.8, 4) is 0 Å². The van der Waals surface area contributed by atoms with Gasteiger partial charge in [-0.05, 0) is 12.1 Å². The van der Waals surface area contributed by atoms with E-state index in [1.165, 1.54) is 4.90 Å². The summed E-state index contributed by atoms with van der Waals surface area (Å²) in [6, 6.07) is 13.7. The number of rotatable bonds is 1. The highest BCUT2D eigenvalue weighted by molar-refractivity contribution is 7.58. The van der Waals surface area contributed by atoms with Gasteiger partial charge in [0.05, 0.1) is 16.8 Å². The van der Waals surface area contributed by atoms with E-state index in [4.69, 9.17) is 12.6 Å². The van der Waals surface area contributed by atoms with E-state index < -0.39 is 0 Å². The van der Waals surface area contributed by atoms with Crippen LogP contribution in [0.5, 0.6) is 0 Å². The van der Waals surface area contributed by atoms with Crippen LogP contribution in [0.3, 0.4) is 0 Å². The van der Waals surface area contributed by atoms with E-state index in [0.29, 0.717) is 21.7 Å². The Morgan fingerprint density at radius 2 is 1.50 bits per heavy atom. The third-order valence-electron chi connectivity index (χ3n) is 2.87. The van der Waals surface area contributed by atoms with Gasteiger partial charge >= 0.3 is 0 Å². The molecule has 0 saturated carbocycles. The molecule has 0 aliphatic carbocycles. The minimum Gasteiger partial charge on any atom is -0.780 e. The average Bonchev–Trinajstić information content (AvgIpc) is 2.63. The van der Waals surface area contributed by atoms with Crippen molar-refractivity contribution in [1.82, 2.24) is 0 Å². The van der Waals surface area contributed by atoms with E-state index in [2.05, 4.69) is 0 Å². The Bertz CT molecular complexity index is 652. The first-order chi connectivity index (χ1) is 8.68. The lowest BCUT2D eigenvalue weighted by Crippen LogP contribution is -2.29. The van der Waals surface area contributed by atoms with Crippen LogP contribution < -0.4 is 4.90 Å². The standard InChI is InChI=1S/C14H9NO2S/c16-13-11-7-6-10(18)8-12(11)14(17)15(13)9-4-2-1-3-5-9/h1-8,18H/p-1. The highest BCUT2D eigenvalue weighted by Crippen LogP contribution is 2.28. The summed E-state index contributed by atoms with van der Waals surface area (Å²) >= 11 is 5.02. The number of hydrogen-bond acceptors (Lipinski definition) is 3. The van der Waals surface area contributed by atoms with Crippen molar-refractivity contribution in [3.05, 3.63) is 59.7 Å². The van der Waals surface area contributed by atoms with Crippen molar-refractivity contribution in [2.45, 2.75) is 4.90 Å². The summed E-state index contributed by atoms with van der Waals surface area (Å²) in [5.74, 6) is -0.607. The van der Waals surface area contributed by atoms with E-state index in [0.717, 1.165) is 0 Å². The van der Waals surface area contributed by atoms with Crippen molar-refractivity contribution in [2.75, 3.05) is 4.90 Å². The average molecular weight is 254 g/mol. The molecule has 0 atom stereocenters. The number of carbonyl (C=O) groups is 2. The van der Waals surface area contributed by atoms with Crippen molar-refractivity contribution in [1.29, 1.82) is 0 Å². The van der Waals surface area contributed by atoms with Gasteiger partial charge in [0, 0.05) is 0 Å². The fourth-order valence-electron chi connectivity index (χ4n) is 2.03. The summed E-state index contributed by atoms with van der Waals surface area (Å²) in [6.45, 7) is 0. The molecule has 0 aromatic heterocycles. The molecule has 2 aromatic carbocycles. The first kappa shape index (κ1) is 10.9. The van der Waals surface area contributed by atoms with E-state index in [9.17, 15) is 9.59 Å². The lowest BCUT2D eigenvalue weighted by Gasteiger charge is -2.13. The first-order valence-corrected chi connectivity index (χ1v) is 5.84. The van der Waals surface area contributed by atoms with Gasteiger partial charge < -0.3 is 12.6 Å². The lowest BCUT2D eigenvalue weighted by molar-refractivity contribution is 0.0926. The van der Waals surface area contributed by atoms with Gasteiger partial charge in [0.1, 0.15) is 0 Å². The SMILES string of the molecule is O=C1c2ccc([S-])cc2C(=O)N1c1ccccc1. The molecule has 1 heterocycles. The van der Waals surface area contributed by atoms with Crippen molar-refractivity contribution >= 4 is 30.1 Å². The van der Waals surface area contributed by atoms with Gasteiger partial charge in [0.2, 0.25) is 0 Å². The second-order valence-electron chi connectivity index (χ2n) is 3.99. The Kier molecular flexibility index (Phi) is 2.38. The predicted octanol–water partition coefficient (Wildman–Crippen LogP) is 2.39. The maximum atomic E-state index is 12.2. The van der Waals surface area contributed by atoms with Gasteiger partial charge in [0.25, 0.3) is 11.8 Å². The molecule has 88 valence electrons. The van der Waals surface area contributed by atoms with E-state index in [1.807, 2.05) is 6.07 Å². The summed E-state index contributed by atoms with van der Waals surface area (Å²) < 4.78 is 0. The van der Waals surface area contributed by atoms with Gasteiger partial charge in [-0.2, -0.15) is 4.90 Å². The predicted molar refractivity (Wildman–Crippen MR) is 69.7 cm³/mol. The number of benzene rings is 2.